The summed E-state index contributed by atoms with van der Waals surface area (Å²) in [5.74, 6) is 1.20. The molecule has 0 saturated heterocycles. The van der Waals surface area contributed by atoms with Gasteiger partial charge in [0.15, 0.2) is 11.6 Å². The molecule has 1 aliphatic rings. The first-order chi connectivity index (χ1) is 7.70. The third-order valence-electron chi connectivity index (χ3n) is 3.47. The Bertz CT molecular complexity index is 345. The Kier molecular flexibility index (Phi) is 3.27. The Morgan fingerprint density at radius 1 is 1.25 bits per heavy atom. The molecule has 0 bridgehead atoms. The highest BCUT2D eigenvalue weighted by Gasteiger charge is 2.26. The maximum Gasteiger partial charge on any atom is 0.168 e. The van der Waals surface area contributed by atoms with Crippen molar-refractivity contribution in [1.29, 1.82) is 0 Å². The van der Waals surface area contributed by atoms with Gasteiger partial charge in [-0.05, 0) is 18.3 Å². The fourth-order valence-corrected chi connectivity index (χ4v) is 2.36. The van der Waals surface area contributed by atoms with E-state index < -0.39 is 0 Å². The fourth-order valence-electron chi connectivity index (χ4n) is 2.36. The fraction of sp³-hybridized carbons (Fsp3) is 0.667. The minimum atomic E-state index is 0.391. The predicted molar refractivity (Wildman–Crippen MR) is 66.1 cm³/mol. The van der Waals surface area contributed by atoms with E-state index in [9.17, 15) is 0 Å². The first kappa shape index (κ1) is 11.2. The minimum Gasteiger partial charge on any atom is -0.381 e. The van der Waals surface area contributed by atoms with Gasteiger partial charge in [0.05, 0.1) is 0 Å². The first-order valence-corrected chi connectivity index (χ1v) is 6.00. The number of aromatic nitrogens is 2. The maximum absolute atomic E-state index is 5.74. The molecule has 1 aliphatic carbocycles. The van der Waals surface area contributed by atoms with Crippen LogP contribution >= 0.6 is 0 Å². The molecule has 0 unspecified atom stereocenters. The van der Waals surface area contributed by atoms with Gasteiger partial charge in [0, 0.05) is 18.9 Å². The second-order valence-electron chi connectivity index (χ2n) is 5.02. The van der Waals surface area contributed by atoms with Crippen molar-refractivity contribution in [2.24, 2.45) is 5.41 Å². The monoisotopic (exact) mass is 220 g/mol. The second kappa shape index (κ2) is 4.68. The molecule has 3 N–H and O–H groups in total. The molecule has 0 spiro atoms. The molecule has 0 amide bonds. The van der Waals surface area contributed by atoms with E-state index in [1.54, 1.807) is 12.4 Å². The van der Waals surface area contributed by atoms with Crippen LogP contribution in [0.1, 0.15) is 39.0 Å². The number of nitrogen functional groups attached to an aromatic ring is 1. The number of nitrogens with two attached hydrogens (primary N) is 1. The summed E-state index contributed by atoms with van der Waals surface area (Å²) in [7, 11) is 0. The van der Waals surface area contributed by atoms with E-state index in [1.807, 2.05) is 0 Å². The summed E-state index contributed by atoms with van der Waals surface area (Å²) in [6, 6.07) is 0. The van der Waals surface area contributed by atoms with Gasteiger partial charge in [-0.2, -0.15) is 0 Å². The number of rotatable bonds is 3. The van der Waals surface area contributed by atoms with Crippen molar-refractivity contribution < 1.29 is 0 Å². The normalized spacial score (nSPS) is 19.3. The van der Waals surface area contributed by atoms with Crippen LogP contribution in [0, 0.1) is 5.41 Å². The Labute approximate surface area is 96.7 Å². The van der Waals surface area contributed by atoms with Crippen molar-refractivity contribution in [3.8, 4) is 0 Å². The zero-order chi connectivity index (χ0) is 11.4. The van der Waals surface area contributed by atoms with Crippen molar-refractivity contribution >= 4 is 11.6 Å². The minimum absolute atomic E-state index is 0.391. The first-order valence-electron chi connectivity index (χ1n) is 6.00. The second-order valence-corrected chi connectivity index (χ2v) is 5.02. The summed E-state index contributed by atoms with van der Waals surface area (Å²) in [4.78, 5) is 8.21. The zero-order valence-electron chi connectivity index (χ0n) is 9.87. The molecule has 88 valence electrons. The third-order valence-corrected chi connectivity index (χ3v) is 3.47. The number of anilines is 2. The third kappa shape index (κ3) is 2.62. The van der Waals surface area contributed by atoms with Crippen molar-refractivity contribution in [2.75, 3.05) is 17.6 Å². The highest BCUT2D eigenvalue weighted by atomic mass is 15.1. The smallest absolute Gasteiger partial charge is 0.168 e. The van der Waals surface area contributed by atoms with E-state index in [-0.39, 0.29) is 0 Å². The van der Waals surface area contributed by atoms with Gasteiger partial charge in [-0.25, -0.2) is 9.97 Å². The Morgan fingerprint density at radius 2 is 1.94 bits per heavy atom. The molecule has 1 heterocycles. The van der Waals surface area contributed by atoms with Gasteiger partial charge in [0.2, 0.25) is 0 Å². The Morgan fingerprint density at radius 3 is 2.62 bits per heavy atom. The standard InChI is InChI=1S/C12H20N4/c1-12(5-3-2-4-6-12)9-16-11-10(13)14-7-8-15-11/h7-8H,2-6,9H2,1H3,(H2,13,14)(H,15,16). The van der Waals surface area contributed by atoms with Crippen LogP contribution in [0.5, 0.6) is 0 Å². The summed E-state index contributed by atoms with van der Waals surface area (Å²) >= 11 is 0. The van der Waals surface area contributed by atoms with Crippen LogP contribution in [-0.4, -0.2) is 16.5 Å². The largest absolute Gasteiger partial charge is 0.381 e. The topological polar surface area (TPSA) is 63.8 Å². The van der Waals surface area contributed by atoms with E-state index in [0.717, 1.165) is 6.54 Å². The lowest BCUT2D eigenvalue weighted by molar-refractivity contribution is 0.233. The zero-order valence-corrected chi connectivity index (χ0v) is 9.87. The molecule has 2 rings (SSSR count). The molecule has 0 radical (unpaired) electrons. The van der Waals surface area contributed by atoms with Crippen molar-refractivity contribution in [3.63, 3.8) is 0 Å². The van der Waals surface area contributed by atoms with Crippen molar-refractivity contribution in [3.05, 3.63) is 12.4 Å². The summed E-state index contributed by atoms with van der Waals surface area (Å²) < 4.78 is 0. The number of nitrogens with one attached hydrogen (secondary N) is 1. The van der Waals surface area contributed by atoms with E-state index >= 15 is 0 Å². The van der Waals surface area contributed by atoms with Gasteiger partial charge in [-0.15, -0.1) is 0 Å². The van der Waals surface area contributed by atoms with Crippen molar-refractivity contribution in [1.82, 2.24) is 9.97 Å². The molecule has 16 heavy (non-hydrogen) atoms. The molecule has 1 aromatic heterocycles. The SMILES string of the molecule is CC1(CNc2nccnc2N)CCCCC1. The van der Waals surface area contributed by atoms with Crippen LogP contribution in [-0.2, 0) is 0 Å². The number of hydrogen-bond donors (Lipinski definition) is 2. The molecular formula is C12H20N4. The maximum atomic E-state index is 5.74. The lowest BCUT2D eigenvalue weighted by Gasteiger charge is -2.33. The average Bonchev–Trinajstić information content (AvgIpc) is 2.29. The lowest BCUT2D eigenvalue weighted by Crippen LogP contribution is -2.29. The van der Waals surface area contributed by atoms with Gasteiger partial charge in [0.1, 0.15) is 0 Å². The van der Waals surface area contributed by atoms with E-state index in [0.29, 0.717) is 17.1 Å². The summed E-state index contributed by atoms with van der Waals surface area (Å²) in [6.45, 7) is 3.28. The highest BCUT2D eigenvalue weighted by Crippen LogP contribution is 2.35. The number of nitrogens with zero attached hydrogens (tertiary/aromatic N) is 2. The molecule has 0 aromatic carbocycles. The molecule has 4 nitrogen and oxygen atoms in total. The van der Waals surface area contributed by atoms with Crippen LogP contribution in [0.15, 0.2) is 12.4 Å². The van der Waals surface area contributed by atoms with Gasteiger partial charge >= 0.3 is 0 Å². The van der Waals surface area contributed by atoms with E-state index in [2.05, 4.69) is 22.2 Å². The van der Waals surface area contributed by atoms with Crippen LogP contribution in [0.4, 0.5) is 11.6 Å². The molecule has 1 aromatic rings. The molecule has 1 fully saturated rings. The quantitative estimate of drug-likeness (QED) is 0.821. The molecule has 1 saturated carbocycles. The highest BCUT2D eigenvalue weighted by molar-refractivity contribution is 5.54. The molecule has 0 atom stereocenters. The van der Waals surface area contributed by atoms with Crippen LogP contribution in [0.25, 0.3) is 0 Å². The van der Waals surface area contributed by atoms with Crippen molar-refractivity contribution in [2.45, 2.75) is 39.0 Å². The van der Waals surface area contributed by atoms with Gasteiger partial charge in [-0.3, -0.25) is 0 Å². The summed E-state index contributed by atoms with van der Waals surface area (Å²) in [6.07, 6.45) is 9.93. The van der Waals surface area contributed by atoms with Crippen LogP contribution in [0.2, 0.25) is 0 Å². The Hall–Kier alpha value is -1.32. The van der Waals surface area contributed by atoms with Gasteiger partial charge in [-0.1, -0.05) is 26.2 Å². The number of hydrogen-bond acceptors (Lipinski definition) is 4. The molecular weight excluding hydrogens is 200 g/mol. The molecule has 4 heteroatoms. The van der Waals surface area contributed by atoms with Crippen LogP contribution < -0.4 is 11.1 Å². The summed E-state index contributed by atoms with van der Waals surface area (Å²) in [5.41, 5.74) is 6.13. The average molecular weight is 220 g/mol. The molecule has 0 aliphatic heterocycles. The Balaban J connectivity index is 1.94. The van der Waals surface area contributed by atoms with Gasteiger partial charge < -0.3 is 11.1 Å². The lowest BCUT2D eigenvalue weighted by atomic mass is 9.76. The van der Waals surface area contributed by atoms with E-state index in [4.69, 9.17) is 5.73 Å². The predicted octanol–water partition coefficient (Wildman–Crippen LogP) is 2.44. The van der Waals surface area contributed by atoms with Crippen LogP contribution in [0.3, 0.4) is 0 Å². The summed E-state index contributed by atoms with van der Waals surface area (Å²) in [5, 5.41) is 3.32. The van der Waals surface area contributed by atoms with Gasteiger partial charge in [0.25, 0.3) is 0 Å². The van der Waals surface area contributed by atoms with E-state index in [1.165, 1.54) is 32.1 Å².